The van der Waals surface area contributed by atoms with E-state index < -0.39 is 18.0 Å². The molecule has 0 radical (unpaired) electrons. The number of benzene rings is 5. The molecule has 6 rings (SSSR count). The van der Waals surface area contributed by atoms with Crippen molar-refractivity contribution in [3.8, 4) is 17.1 Å². The van der Waals surface area contributed by atoms with E-state index in [4.69, 9.17) is 24.1 Å². The molecule has 6 aromatic rings. The molecule has 1 amide bonds. The maximum Gasteiger partial charge on any atom is 0.411 e. The third kappa shape index (κ3) is 9.94. The van der Waals surface area contributed by atoms with Gasteiger partial charge in [0.25, 0.3) is 0 Å². The highest BCUT2D eigenvalue weighted by Gasteiger charge is 2.11. The van der Waals surface area contributed by atoms with E-state index >= 15 is 0 Å². The summed E-state index contributed by atoms with van der Waals surface area (Å²) < 4.78 is 21.5. The van der Waals surface area contributed by atoms with Crippen LogP contribution in [-0.4, -0.2) is 69.8 Å². The number of carboxylic acid groups (broad SMARTS) is 1. The number of fused-ring (bicyclic) bond motifs is 2. The fourth-order valence-corrected chi connectivity index (χ4v) is 5.18. The molecule has 1 heterocycles. The van der Waals surface area contributed by atoms with Crippen LogP contribution in [0.2, 0.25) is 0 Å². The van der Waals surface area contributed by atoms with Crippen LogP contribution in [-0.2, 0) is 41.8 Å². The Kier molecular flexibility index (Phi) is 11.5. The molecule has 0 saturated carbocycles. The summed E-state index contributed by atoms with van der Waals surface area (Å²) in [6, 6.07) is 32.6. The lowest BCUT2D eigenvalue weighted by molar-refractivity contribution is -0.148. The number of aromatic nitrogens is 4. The Morgan fingerprint density at radius 2 is 1.39 bits per heavy atom. The molecule has 13 heteroatoms. The molecule has 0 fully saturated rings. The van der Waals surface area contributed by atoms with Crippen molar-refractivity contribution in [2.24, 2.45) is 0 Å². The van der Waals surface area contributed by atoms with Crippen molar-refractivity contribution in [1.82, 2.24) is 20.2 Å². The van der Waals surface area contributed by atoms with Crippen molar-refractivity contribution >= 4 is 45.3 Å². The van der Waals surface area contributed by atoms with Crippen LogP contribution in [0.1, 0.15) is 24.0 Å². The van der Waals surface area contributed by atoms with Gasteiger partial charge in [-0.25, -0.2) is 4.79 Å². The van der Waals surface area contributed by atoms with Crippen molar-refractivity contribution < 1.29 is 38.4 Å². The van der Waals surface area contributed by atoms with Gasteiger partial charge in [0, 0.05) is 11.3 Å². The number of aliphatic carboxylic acids is 1. The molecule has 0 atom stereocenters. The number of anilines is 1. The molecule has 1 aromatic heterocycles. The molecule has 0 spiro atoms. The molecule has 13 nitrogen and oxygen atoms in total. The van der Waals surface area contributed by atoms with Crippen LogP contribution in [0.5, 0.6) is 0 Å². The highest BCUT2D eigenvalue weighted by Crippen LogP contribution is 2.25. The first-order valence-electron chi connectivity index (χ1n) is 16.3. The van der Waals surface area contributed by atoms with Crippen LogP contribution in [0, 0.1) is 0 Å². The van der Waals surface area contributed by atoms with Gasteiger partial charge >= 0.3 is 18.0 Å². The van der Waals surface area contributed by atoms with Crippen molar-refractivity contribution in [3.63, 3.8) is 0 Å². The number of tetrazole rings is 1. The lowest BCUT2D eigenvalue weighted by atomic mass is 10.0. The van der Waals surface area contributed by atoms with Gasteiger partial charge in [0.1, 0.15) is 13.2 Å². The van der Waals surface area contributed by atoms with E-state index in [0.717, 1.165) is 43.9 Å². The van der Waals surface area contributed by atoms with Gasteiger partial charge < -0.3 is 24.1 Å². The molecule has 0 bridgehead atoms. The normalized spacial score (nSPS) is 11.1. The van der Waals surface area contributed by atoms with E-state index in [1.54, 1.807) is 6.07 Å². The van der Waals surface area contributed by atoms with E-state index in [1.807, 2.05) is 97.1 Å². The van der Waals surface area contributed by atoms with E-state index in [-0.39, 0.29) is 32.7 Å². The van der Waals surface area contributed by atoms with E-state index in [1.165, 1.54) is 4.80 Å². The Morgan fingerprint density at radius 1 is 0.667 bits per heavy atom. The minimum absolute atomic E-state index is 0.0610. The number of nitrogens with zero attached hydrogens (tertiary/aromatic N) is 4. The maximum absolute atomic E-state index is 12.3. The fourth-order valence-electron chi connectivity index (χ4n) is 5.18. The number of carboxylic acids is 1. The number of rotatable bonds is 16. The lowest BCUT2D eigenvalue weighted by Crippen LogP contribution is -2.17. The Bertz CT molecular complexity index is 2140. The SMILES string of the molecule is O=C(O)CCC(=O)OCc1ccc2cc(-c3nnn(-c4ccc5cc(NC(=O)OCCOCCOCc6ccccc6)ccc5c4)n3)ccc2c1. The molecule has 0 aliphatic carbocycles. The van der Waals surface area contributed by atoms with E-state index in [2.05, 4.69) is 20.7 Å². The quantitative estimate of drug-likeness (QED) is 0.0863. The summed E-state index contributed by atoms with van der Waals surface area (Å²) in [6.07, 6.45) is -0.997. The van der Waals surface area contributed by atoms with Crippen LogP contribution in [0.15, 0.2) is 103 Å². The highest BCUT2D eigenvalue weighted by molar-refractivity contribution is 5.92. The third-order valence-corrected chi connectivity index (χ3v) is 7.76. The zero-order chi connectivity index (χ0) is 35.4. The monoisotopic (exact) mass is 689 g/mol. The van der Waals surface area contributed by atoms with Crippen molar-refractivity contribution in [1.29, 1.82) is 0 Å². The second-order valence-corrected chi connectivity index (χ2v) is 11.5. The molecule has 2 N–H and O–H groups in total. The minimum Gasteiger partial charge on any atom is -0.481 e. The molecule has 51 heavy (non-hydrogen) atoms. The number of esters is 1. The van der Waals surface area contributed by atoms with Gasteiger partial charge in [-0.2, -0.15) is 0 Å². The molecule has 5 aromatic carbocycles. The summed E-state index contributed by atoms with van der Waals surface area (Å²) in [7, 11) is 0. The molecular formula is C38H35N5O8. The summed E-state index contributed by atoms with van der Waals surface area (Å²) >= 11 is 0. The lowest BCUT2D eigenvalue weighted by Gasteiger charge is -2.09. The Morgan fingerprint density at radius 3 is 2.25 bits per heavy atom. The van der Waals surface area contributed by atoms with Crippen molar-refractivity contribution in [3.05, 3.63) is 114 Å². The molecule has 0 aliphatic heterocycles. The number of nitrogens with one attached hydrogen (secondary N) is 1. The van der Waals surface area contributed by atoms with Gasteiger partial charge in [0.2, 0.25) is 5.82 Å². The van der Waals surface area contributed by atoms with Gasteiger partial charge in [-0.05, 0) is 74.3 Å². The van der Waals surface area contributed by atoms with Gasteiger partial charge in [-0.1, -0.05) is 66.7 Å². The summed E-state index contributed by atoms with van der Waals surface area (Å²) in [6.45, 7) is 1.82. The summed E-state index contributed by atoms with van der Waals surface area (Å²) in [5.74, 6) is -1.14. The minimum atomic E-state index is -1.04. The predicted octanol–water partition coefficient (Wildman–Crippen LogP) is 6.33. The number of ether oxygens (including phenoxy) is 4. The van der Waals surface area contributed by atoms with Crippen LogP contribution >= 0.6 is 0 Å². The smallest absolute Gasteiger partial charge is 0.411 e. The summed E-state index contributed by atoms with van der Waals surface area (Å²) in [4.78, 5) is 36.2. The van der Waals surface area contributed by atoms with Gasteiger partial charge in [-0.3, -0.25) is 14.9 Å². The molecule has 0 unspecified atom stereocenters. The van der Waals surface area contributed by atoms with E-state index in [9.17, 15) is 14.4 Å². The molecule has 0 aliphatic rings. The van der Waals surface area contributed by atoms with Crippen LogP contribution in [0.25, 0.3) is 38.6 Å². The zero-order valence-electron chi connectivity index (χ0n) is 27.6. The third-order valence-electron chi connectivity index (χ3n) is 7.76. The average molecular weight is 690 g/mol. The largest absolute Gasteiger partial charge is 0.481 e. The van der Waals surface area contributed by atoms with Crippen LogP contribution in [0.4, 0.5) is 10.5 Å². The van der Waals surface area contributed by atoms with Crippen molar-refractivity contribution in [2.75, 3.05) is 31.7 Å². The topological polar surface area (TPSA) is 164 Å². The maximum atomic E-state index is 12.3. The first-order valence-corrected chi connectivity index (χ1v) is 16.3. The second kappa shape index (κ2) is 17.0. The van der Waals surface area contributed by atoms with Gasteiger partial charge in [-0.15, -0.1) is 15.0 Å². The molecule has 0 saturated heterocycles. The van der Waals surface area contributed by atoms with Crippen LogP contribution in [0.3, 0.4) is 0 Å². The summed E-state index contributed by atoms with van der Waals surface area (Å²) in [5.41, 5.74) is 3.99. The second-order valence-electron chi connectivity index (χ2n) is 11.5. The number of amides is 1. The predicted molar refractivity (Wildman–Crippen MR) is 188 cm³/mol. The Hall–Kier alpha value is -6.18. The Balaban J connectivity index is 0.977. The average Bonchev–Trinajstić information content (AvgIpc) is 3.65. The molecule has 260 valence electrons. The number of hydrogen-bond donors (Lipinski definition) is 2. The number of hydrogen-bond acceptors (Lipinski definition) is 10. The van der Waals surface area contributed by atoms with Gasteiger partial charge in [0.15, 0.2) is 0 Å². The fraction of sp³-hybridized carbons (Fsp3) is 0.211. The standard InChI is InChI=1S/C38H35N5O8/c44-35(45)14-15-36(46)51-25-27-6-7-29-21-32(9-8-28(29)20-27)37-40-42-43(41-37)34-13-11-30-22-33(12-10-31(30)23-34)39-38(47)50-19-18-48-16-17-49-24-26-4-2-1-3-5-26/h1-13,20-23H,14-19,24-25H2,(H,39,47)(H,44,45). The number of carbonyl (C=O) groups excluding carboxylic acids is 2. The first-order chi connectivity index (χ1) is 24.9. The van der Waals surface area contributed by atoms with E-state index in [0.29, 0.717) is 31.3 Å². The number of carbonyl (C=O) groups is 3. The van der Waals surface area contributed by atoms with Gasteiger partial charge in [0.05, 0.1) is 45.0 Å². The highest BCUT2D eigenvalue weighted by atomic mass is 16.6. The zero-order valence-corrected chi connectivity index (χ0v) is 27.6. The molecular weight excluding hydrogens is 654 g/mol. The van der Waals surface area contributed by atoms with Crippen LogP contribution < -0.4 is 5.32 Å². The first kappa shape index (κ1) is 34.7. The Labute approximate surface area is 292 Å². The summed E-state index contributed by atoms with van der Waals surface area (Å²) in [5, 5.41) is 28.3. The van der Waals surface area contributed by atoms with Crippen molar-refractivity contribution in [2.45, 2.75) is 26.1 Å².